The van der Waals surface area contributed by atoms with Crippen molar-refractivity contribution >= 4 is 5.69 Å². The van der Waals surface area contributed by atoms with Crippen molar-refractivity contribution in [2.45, 2.75) is 12.3 Å². The van der Waals surface area contributed by atoms with Crippen molar-refractivity contribution in [2.24, 2.45) is 0 Å². The van der Waals surface area contributed by atoms with Gasteiger partial charge in [0, 0.05) is 32.7 Å². The molecule has 1 N–H and O–H groups in total. The van der Waals surface area contributed by atoms with Gasteiger partial charge < -0.3 is 10.0 Å². The van der Waals surface area contributed by atoms with Crippen LogP contribution in [-0.2, 0) is 5.92 Å². The van der Waals surface area contributed by atoms with Crippen LogP contribution in [0.1, 0.15) is 12.0 Å². The molecule has 1 aromatic carbocycles. The van der Waals surface area contributed by atoms with Crippen LogP contribution in [0.2, 0.25) is 0 Å². The minimum Gasteiger partial charge on any atom is -0.396 e. The quantitative estimate of drug-likeness (QED) is 0.863. The molecule has 0 aliphatic heterocycles. The molecule has 0 radical (unpaired) electrons. The van der Waals surface area contributed by atoms with Crippen molar-refractivity contribution in [2.75, 3.05) is 25.6 Å². The predicted octanol–water partition coefficient (Wildman–Crippen LogP) is 2.37. The highest BCUT2D eigenvalue weighted by atomic mass is 19.3. The maximum absolute atomic E-state index is 13.4. The van der Waals surface area contributed by atoms with Gasteiger partial charge in [-0.05, 0) is 12.1 Å². The molecule has 0 fully saturated rings. The normalized spacial score (nSPS) is 11.6. The molecule has 0 unspecified atom stereocenters. The third-order valence-corrected chi connectivity index (χ3v) is 2.28. The summed E-state index contributed by atoms with van der Waals surface area (Å²) in [5.41, 5.74) is -0.159. The fraction of sp³-hybridized carbons (Fsp3) is 0.455. The van der Waals surface area contributed by atoms with Gasteiger partial charge in [0.15, 0.2) is 0 Å². The molecule has 0 aromatic heterocycles. The summed E-state index contributed by atoms with van der Waals surface area (Å²) in [7, 11) is 3.26. The van der Waals surface area contributed by atoms with E-state index in [0.29, 0.717) is 0 Å². The lowest BCUT2D eigenvalue weighted by Gasteiger charge is -2.18. The standard InChI is InChI=1S/C11H14F3NO/c1-15(2)10-4-3-8(7-9(10)12)11(13,14)5-6-16/h3-4,7,16H,5-6H2,1-2H3. The van der Waals surface area contributed by atoms with Gasteiger partial charge in [0.25, 0.3) is 5.92 Å². The molecule has 1 rings (SSSR count). The van der Waals surface area contributed by atoms with Gasteiger partial charge >= 0.3 is 0 Å². The molecule has 0 saturated carbocycles. The van der Waals surface area contributed by atoms with Crippen LogP contribution < -0.4 is 4.90 Å². The molecule has 0 heterocycles. The second-order valence-electron chi connectivity index (χ2n) is 3.74. The minimum absolute atomic E-state index is 0.253. The van der Waals surface area contributed by atoms with Crippen molar-refractivity contribution in [1.82, 2.24) is 0 Å². The van der Waals surface area contributed by atoms with Crippen molar-refractivity contribution in [3.8, 4) is 0 Å². The van der Waals surface area contributed by atoms with Crippen molar-refractivity contribution in [1.29, 1.82) is 0 Å². The second-order valence-corrected chi connectivity index (χ2v) is 3.74. The first-order valence-corrected chi connectivity index (χ1v) is 4.84. The van der Waals surface area contributed by atoms with E-state index in [0.717, 1.165) is 6.07 Å². The Hall–Kier alpha value is -1.23. The van der Waals surface area contributed by atoms with Crippen LogP contribution >= 0.6 is 0 Å². The highest BCUT2D eigenvalue weighted by Crippen LogP contribution is 2.33. The Morgan fingerprint density at radius 1 is 1.31 bits per heavy atom. The summed E-state index contributed by atoms with van der Waals surface area (Å²) in [6.07, 6.45) is -0.701. The number of nitrogens with zero attached hydrogens (tertiary/aromatic N) is 1. The summed E-state index contributed by atoms with van der Waals surface area (Å²) in [4.78, 5) is 1.50. The van der Waals surface area contributed by atoms with Gasteiger partial charge in [-0.3, -0.25) is 0 Å². The van der Waals surface area contributed by atoms with E-state index in [2.05, 4.69) is 0 Å². The predicted molar refractivity (Wildman–Crippen MR) is 56.3 cm³/mol. The Morgan fingerprint density at radius 3 is 2.38 bits per heavy atom. The van der Waals surface area contributed by atoms with Gasteiger partial charge in [0.05, 0.1) is 5.69 Å². The Balaban J connectivity index is 3.05. The number of hydrogen-bond donors (Lipinski definition) is 1. The summed E-state index contributed by atoms with van der Waals surface area (Å²) in [5.74, 6) is -3.89. The van der Waals surface area contributed by atoms with E-state index in [1.165, 1.54) is 17.0 Å². The van der Waals surface area contributed by atoms with Crippen LogP contribution in [0.3, 0.4) is 0 Å². The molecule has 0 aliphatic rings. The summed E-state index contributed by atoms with van der Waals surface area (Å²) in [6.45, 7) is -0.635. The van der Waals surface area contributed by atoms with Gasteiger partial charge in [-0.15, -0.1) is 0 Å². The summed E-state index contributed by atoms with van der Waals surface area (Å²) >= 11 is 0. The van der Waals surface area contributed by atoms with E-state index in [4.69, 9.17) is 5.11 Å². The summed E-state index contributed by atoms with van der Waals surface area (Å²) < 4.78 is 40.1. The fourth-order valence-electron chi connectivity index (χ4n) is 1.38. The average molecular weight is 233 g/mol. The van der Waals surface area contributed by atoms with Crippen molar-refractivity contribution in [3.05, 3.63) is 29.6 Å². The zero-order chi connectivity index (χ0) is 12.3. The van der Waals surface area contributed by atoms with E-state index < -0.39 is 30.3 Å². The first-order valence-electron chi connectivity index (χ1n) is 4.84. The number of hydrogen-bond acceptors (Lipinski definition) is 2. The smallest absolute Gasteiger partial charge is 0.275 e. The number of alkyl halides is 2. The number of halogens is 3. The van der Waals surface area contributed by atoms with Crippen LogP contribution in [-0.4, -0.2) is 25.8 Å². The zero-order valence-electron chi connectivity index (χ0n) is 9.17. The Bertz CT molecular complexity index is 366. The van der Waals surface area contributed by atoms with Crippen LogP contribution in [0.25, 0.3) is 0 Å². The first-order chi connectivity index (χ1) is 7.38. The number of aliphatic hydroxyl groups is 1. The van der Waals surface area contributed by atoms with E-state index >= 15 is 0 Å². The topological polar surface area (TPSA) is 23.5 Å². The molecule has 0 bridgehead atoms. The third-order valence-electron chi connectivity index (χ3n) is 2.28. The Labute approximate surface area is 92.3 Å². The van der Waals surface area contributed by atoms with Gasteiger partial charge in [-0.25, -0.2) is 13.2 Å². The Morgan fingerprint density at radius 2 is 1.94 bits per heavy atom. The maximum atomic E-state index is 13.4. The lowest BCUT2D eigenvalue weighted by Crippen LogP contribution is -2.17. The molecule has 90 valence electrons. The second kappa shape index (κ2) is 4.74. The SMILES string of the molecule is CN(C)c1ccc(C(F)(F)CCO)cc1F. The average Bonchev–Trinajstić information content (AvgIpc) is 2.16. The molecule has 1 aromatic rings. The third kappa shape index (κ3) is 2.66. The lowest BCUT2D eigenvalue weighted by atomic mass is 10.0. The maximum Gasteiger partial charge on any atom is 0.275 e. The first kappa shape index (κ1) is 12.8. The summed E-state index contributed by atoms with van der Waals surface area (Å²) in [6, 6.07) is 3.29. The van der Waals surface area contributed by atoms with Crippen molar-refractivity contribution < 1.29 is 18.3 Å². The number of anilines is 1. The molecule has 16 heavy (non-hydrogen) atoms. The zero-order valence-corrected chi connectivity index (χ0v) is 9.17. The number of benzene rings is 1. The molecule has 5 heteroatoms. The number of rotatable bonds is 4. The highest BCUT2D eigenvalue weighted by Gasteiger charge is 2.31. The molecule has 0 aliphatic carbocycles. The van der Waals surface area contributed by atoms with Gasteiger partial charge in [0.1, 0.15) is 5.82 Å². The van der Waals surface area contributed by atoms with Crippen LogP contribution in [0.4, 0.5) is 18.9 Å². The largest absolute Gasteiger partial charge is 0.396 e. The van der Waals surface area contributed by atoms with E-state index in [9.17, 15) is 13.2 Å². The fourth-order valence-corrected chi connectivity index (χ4v) is 1.38. The number of aliphatic hydroxyl groups excluding tert-OH is 1. The molecular formula is C11H14F3NO. The van der Waals surface area contributed by atoms with Crippen LogP contribution in [0.5, 0.6) is 0 Å². The molecule has 2 nitrogen and oxygen atoms in total. The minimum atomic E-state index is -3.19. The van der Waals surface area contributed by atoms with Crippen LogP contribution in [0.15, 0.2) is 18.2 Å². The Kier molecular flexibility index (Phi) is 3.80. The molecule has 0 spiro atoms. The summed E-state index contributed by atoms with van der Waals surface area (Å²) in [5, 5.41) is 8.49. The highest BCUT2D eigenvalue weighted by molar-refractivity contribution is 5.48. The monoisotopic (exact) mass is 233 g/mol. The molecular weight excluding hydrogens is 219 g/mol. The van der Waals surface area contributed by atoms with E-state index in [1.54, 1.807) is 14.1 Å². The molecule has 0 atom stereocenters. The van der Waals surface area contributed by atoms with Gasteiger partial charge in [0.2, 0.25) is 0 Å². The van der Waals surface area contributed by atoms with E-state index in [-0.39, 0.29) is 5.69 Å². The van der Waals surface area contributed by atoms with Gasteiger partial charge in [-0.1, -0.05) is 6.07 Å². The lowest BCUT2D eigenvalue weighted by molar-refractivity contribution is -0.0271. The van der Waals surface area contributed by atoms with Crippen molar-refractivity contribution in [3.63, 3.8) is 0 Å². The molecule has 0 saturated heterocycles. The van der Waals surface area contributed by atoms with Gasteiger partial charge in [-0.2, -0.15) is 0 Å². The van der Waals surface area contributed by atoms with Crippen LogP contribution in [0, 0.1) is 5.82 Å². The van der Waals surface area contributed by atoms with E-state index in [1.807, 2.05) is 0 Å². The molecule has 0 amide bonds.